The highest BCUT2D eigenvalue weighted by Gasteiger charge is 2.38. The Morgan fingerprint density at radius 2 is 1.66 bits per heavy atom. The molecule has 2 aliphatic rings. The molecule has 2 aliphatic carbocycles. The van der Waals surface area contributed by atoms with Crippen LogP contribution in [0.25, 0.3) is 12.2 Å². The lowest BCUT2D eigenvalue weighted by Gasteiger charge is -2.25. The van der Waals surface area contributed by atoms with Crippen molar-refractivity contribution in [1.29, 1.82) is 0 Å². The van der Waals surface area contributed by atoms with Crippen LogP contribution < -0.4 is 4.74 Å². The Bertz CT molecular complexity index is 1200. The topological polar surface area (TPSA) is 141 Å². The molecule has 0 bridgehead atoms. The third-order valence-corrected chi connectivity index (χ3v) is 4.98. The number of aliphatic hydroxyl groups excluding tert-OH is 1. The molecular formula is C21H14O8. The monoisotopic (exact) mass is 394 g/mol. The Morgan fingerprint density at radius 3 is 2.31 bits per heavy atom. The summed E-state index contributed by atoms with van der Waals surface area (Å²) in [7, 11) is 1.21. The summed E-state index contributed by atoms with van der Waals surface area (Å²) in [6, 6.07) is 4.23. The van der Waals surface area contributed by atoms with Gasteiger partial charge in [0.2, 0.25) is 11.5 Å². The molecule has 8 heteroatoms. The number of allylic oxidation sites excluding steroid dienone is 2. The van der Waals surface area contributed by atoms with Gasteiger partial charge < -0.3 is 25.2 Å². The van der Waals surface area contributed by atoms with Crippen LogP contribution in [-0.2, 0) is 0 Å². The Kier molecular flexibility index (Phi) is 4.02. The van der Waals surface area contributed by atoms with E-state index in [0.29, 0.717) is 5.56 Å². The molecule has 0 fully saturated rings. The zero-order valence-corrected chi connectivity index (χ0v) is 15.0. The number of ether oxygens (including phenoxy) is 1. The lowest BCUT2D eigenvalue weighted by molar-refractivity contribution is 0.0903. The maximum atomic E-state index is 13.1. The smallest absolute Gasteiger partial charge is 0.205 e. The van der Waals surface area contributed by atoms with Gasteiger partial charge in [-0.2, -0.15) is 0 Å². The number of rotatable bonds is 3. The first-order valence-corrected chi connectivity index (χ1v) is 8.46. The molecule has 0 spiro atoms. The van der Waals surface area contributed by atoms with Crippen LogP contribution in [0.4, 0.5) is 0 Å². The zero-order valence-electron chi connectivity index (χ0n) is 15.0. The minimum Gasteiger partial charge on any atom is -0.504 e. The minimum absolute atomic E-state index is 0.0265. The SMILES string of the molecule is COc1c(O)c(O)c(O)c2c1C=C1C(=O)c3ccc(C(=O)CO)cc3C=C1C2=O. The van der Waals surface area contributed by atoms with E-state index < -0.39 is 41.2 Å². The van der Waals surface area contributed by atoms with Crippen LogP contribution in [0.3, 0.4) is 0 Å². The second kappa shape index (κ2) is 6.32. The van der Waals surface area contributed by atoms with Crippen LogP contribution in [0.15, 0.2) is 29.3 Å². The lowest BCUT2D eigenvalue weighted by atomic mass is 9.77. The lowest BCUT2D eigenvalue weighted by Crippen LogP contribution is -2.22. The summed E-state index contributed by atoms with van der Waals surface area (Å²) < 4.78 is 5.06. The summed E-state index contributed by atoms with van der Waals surface area (Å²) in [5, 5.41) is 39.2. The number of aromatic hydroxyl groups is 3. The molecule has 2 aromatic rings. The molecule has 0 atom stereocenters. The first kappa shape index (κ1) is 18.5. The van der Waals surface area contributed by atoms with Crippen LogP contribution in [-0.4, -0.2) is 51.5 Å². The fourth-order valence-corrected chi connectivity index (χ4v) is 3.55. The Morgan fingerprint density at radius 1 is 0.966 bits per heavy atom. The van der Waals surface area contributed by atoms with Crippen molar-refractivity contribution in [3.05, 3.63) is 57.2 Å². The minimum atomic E-state index is -0.912. The number of Topliss-reactive ketones (excluding diaryl/α,β-unsaturated/α-hetero) is 3. The van der Waals surface area contributed by atoms with E-state index in [2.05, 4.69) is 0 Å². The Labute approximate surface area is 163 Å². The third kappa shape index (κ3) is 2.46. The van der Waals surface area contributed by atoms with Crippen LogP contribution in [0.2, 0.25) is 0 Å². The molecule has 0 unspecified atom stereocenters. The normalized spacial score (nSPS) is 14.4. The molecule has 0 heterocycles. The first-order chi connectivity index (χ1) is 13.8. The molecule has 8 nitrogen and oxygen atoms in total. The largest absolute Gasteiger partial charge is 0.504 e. The second-order valence-corrected chi connectivity index (χ2v) is 6.53. The van der Waals surface area contributed by atoms with Gasteiger partial charge in [0, 0.05) is 27.8 Å². The van der Waals surface area contributed by atoms with Crippen LogP contribution in [0.5, 0.6) is 23.0 Å². The molecule has 2 aromatic carbocycles. The maximum absolute atomic E-state index is 13.1. The predicted molar refractivity (Wildman–Crippen MR) is 100 cm³/mol. The van der Waals surface area contributed by atoms with Gasteiger partial charge in [0.05, 0.1) is 12.7 Å². The van der Waals surface area contributed by atoms with Crippen molar-refractivity contribution in [2.24, 2.45) is 0 Å². The number of benzene rings is 2. The number of fused-ring (bicyclic) bond motifs is 3. The Balaban J connectivity index is 1.99. The van der Waals surface area contributed by atoms with E-state index in [0.717, 1.165) is 0 Å². The van der Waals surface area contributed by atoms with E-state index >= 15 is 0 Å². The number of hydrogen-bond donors (Lipinski definition) is 4. The summed E-state index contributed by atoms with van der Waals surface area (Å²) in [5.74, 6) is -4.53. The van der Waals surface area contributed by atoms with Crippen LogP contribution >= 0.6 is 0 Å². The molecule has 0 saturated carbocycles. The molecule has 4 rings (SSSR count). The number of methoxy groups -OCH3 is 1. The average molecular weight is 394 g/mol. The van der Waals surface area contributed by atoms with E-state index in [4.69, 9.17) is 9.84 Å². The molecule has 146 valence electrons. The fraction of sp³-hybridized carbons (Fsp3) is 0.0952. The van der Waals surface area contributed by atoms with Gasteiger partial charge in [-0.25, -0.2) is 0 Å². The van der Waals surface area contributed by atoms with Crippen molar-refractivity contribution in [2.45, 2.75) is 0 Å². The molecule has 29 heavy (non-hydrogen) atoms. The molecule has 4 N–H and O–H groups in total. The van der Waals surface area contributed by atoms with Crippen molar-refractivity contribution in [2.75, 3.05) is 13.7 Å². The van der Waals surface area contributed by atoms with E-state index in [-0.39, 0.29) is 39.1 Å². The van der Waals surface area contributed by atoms with Crippen molar-refractivity contribution >= 4 is 29.5 Å². The summed E-state index contributed by atoms with van der Waals surface area (Å²) in [6.45, 7) is -0.697. The van der Waals surface area contributed by atoms with E-state index in [1.54, 1.807) is 0 Å². The maximum Gasteiger partial charge on any atom is 0.205 e. The van der Waals surface area contributed by atoms with Crippen LogP contribution in [0, 0.1) is 0 Å². The first-order valence-electron chi connectivity index (χ1n) is 8.46. The molecule has 0 amide bonds. The van der Waals surface area contributed by atoms with Gasteiger partial charge in [-0.05, 0) is 29.8 Å². The van der Waals surface area contributed by atoms with Crippen molar-refractivity contribution in [3.8, 4) is 23.0 Å². The van der Waals surface area contributed by atoms with Crippen molar-refractivity contribution < 1.29 is 39.5 Å². The molecule has 0 saturated heterocycles. The fourth-order valence-electron chi connectivity index (χ4n) is 3.55. The number of ketones is 3. The summed E-state index contributed by atoms with van der Waals surface area (Å²) >= 11 is 0. The standard InChI is InChI=1S/C21H14O8/c1-29-21-13-6-12-11(17(25)15(13)18(26)19(27)20(21)28)5-9-4-8(14(23)7-22)2-3-10(9)16(12)24/h2-6,22,26-28H,7H2,1H3. The van der Waals surface area contributed by atoms with E-state index in [9.17, 15) is 29.7 Å². The van der Waals surface area contributed by atoms with Crippen LogP contribution in [0.1, 0.15) is 42.2 Å². The average Bonchev–Trinajstić information content (AvgIpc) is 2.72. The number of carbonyl (C=O) groups excluding carboxylic acids is 3. The van der Waals surface area contributed by atoms with Crippen molar-refractivity contribution in [1.82, 2.24) is 0 Å². The Hall–Kier alpha value is -3.91. The van der Waals surface area contributed by atoms with Gasteiger partial charge in [0.1, 0.15) is 6.61 Å². The number of phenols is 3. The van der Waals surface area contributed by atoms with Gasteiger partial charge in [-0.1, -0.05) is 6.07 Å². The van der Waals surface area contributed by atoms with Gasteiger partial charge >= 0.3 is 0 Å². The predicted octanol–water partition coefficient (Wildman–Crippen LogP) is 1.85. The molecule has 0 aromatic heterocycles. The molecule has 0 radical (unpaired) electrons. The molecular weight excluding hydrogens is 380 g/mol. The van der Waals surface area contributed by atoms with Gasteiger partial charge in [0.15, 0.2) is 28.8 Å². The number of hydrogen-bond acceptors (Lipinski definition) is 8. The highest BCUT2D eigenvalue weighted by atomic mass is 16.5. The van der Waals surface area contributed by atoms with E-state index in [1.807, 2.05) is 0 Å². The van der Waals surface area contributed by atoms with Gasteiger partial charge in [-0.3, -0.25) is 14.4 Å². The van der Waals surface area contributed by atoms with Crippen molar-refractivity contribution in [3.63, 3.8) is 0 Å². The summed E-state index contributed by atoms with van der Waals surface area (Å²) in [4.78, 5) is 37.8. The highest BCUT2D eigenvalue weighted by molar-refractivity contribution is 6.33. The number of phenolic OH excluding ortho intramolecular Hbond substituents is 3. The number of aliphatic hydroxyl groups is 1. The quantitative estimate of drug-likeness (QED) is 0.456. The number of carbonyl (C=O) groups is 3. The second-order valence-electron chi connectivity index (χ2n) is 6.53. The zero-order chi connectivity index (χ0) is 21.0. The summed E-state index contributed by atoms with van der Waals surface area (Å²) in [5.41, 5.74) is 0.390. The third-order valence-electron chi connectivity index (χ3n) is 4.98. The van der Waals surface area contributed by atoms with E-state index in [1.165, 1.54) is 37.5 Å². The van der Waals surface area contributed by atoms with Gasteiger partial charge in [0.25, 0.3) is 0 Å². The highest BCUT2D eigenvalue weighted by Crippen LogP contribution is 2.51. The summed E-state index contributed by atoms with van der Waals surface area (Å²) in [6.07, 6.45) is 2.70. The van der Waals surface area contributed by atoms with Gasteiger partial charge in [-0.15, -0.1) is 0 Å². The molecule has 0 aliphatic heterocycles.